The summed E-state index contributed by atoms with van der Waals surface area (Å²) in [6, 6.07) is 11.3. The minimum atomic E-state index is -0.719. The molecule has 2 aromatic heterocycles. The van der Waals surface area contributed by atoms with E-state index in [2.05, 4.69) is 17.2 Å². The molecule has 1 amide bonds. The van der Waals surface area contributed by atoms with E-state index in [1.54, 1.807) is 24.0 Å². The van der Waals surface area contributed by atoms with E-state index < -0.39 is 6.10 Å². The fourth-order valence-electron chi connectivity index (χ4n) is 3.69. The maximum Gasteiger partial charge on any atom is 0.270 e. The molecule has 0 unspecified atom stereocenters. The van der Waals surface area contributed by atoms with Crippen LogP contribution in [0.15, 0.2) is 47.5 Å². The lowest BCUT2D eigenvalue weighted by atomic mass is 10.0. The number of nitrogens with zero attached hydrogens (tertiary/aromatic N) is 2. The Bertz CT molecular complexity index is 1080. The molecule has 0 bridgehead atoms. The molecule has 0 aliphatic carbocycles. The molecule has 0 radical (unpaired) electrons. The number of rotatable bonds is 6. The fourth-order valence-corrected chi connectivity index (χ4v) is 4.58. The number of nitrogens with one attached hydrogen (secondary N) is 1. The van der Waals surface area contributed by atoms with Gasteiger partial charge in [-0.05, 0) is 47.9 Å². The number of fused-ring (bicyclic) bond motifs is 1. The Labute approximate surface area is 190 Å². The topological polar surface area (TPSA) is 84.3 Å². The standard InChI is InChI=1S/C23H24ClN3O3S/c1-2-31-20-5-3-4-16-15(10-14-6-7-21(24)25-12-14)11-18(26-22(16)20)23(29)27-17-8-9-30-13-19(17)28/h3-7,11-12,17,19,28H,2,8-10,13H2,1H3,(H,27,29)/t17-,19-/m0/s1. The zero-order chi connectivity index (χ0) is 21.8. The maximum absolute atomic E-state index is 13.1. The van der Waals surface area contributed by atoms with E-state index >= 15 is 0 Å². The number of ether oxygens (including phenoxy) is 1. The van der Waals surface area contributed by atoms with Gasteiger partial charge in [0.15, 0.2) is 0 Å². The number of amides is 1. The molecule has 1 saturated heterocycles. The van der Waals surface area contributed by atoms with E-state index in [1.807, 2.05) is 30.3 Å². The van der Waals surface area contributed by atoms with Crippen LogP contribution in [0.3, 0.4) is 0 Å². The molecule has 2 atom stereocenters. The molecule has 3 aromatic rings. The zero-order valence-corrected chi connectivity index (χ0v) is 18.7. The Morgan fingerprint density at radius 1 is 1.35 bits per heavy atom. The number of benzene rings is 1. The van der Waals surface area contributed by atoms with Gasteiger partial charge in [0.1, 0.15) is 10.8 Å². The second-order valence-electron chi connectivity index (χ2n) is 7.43. The third-order valence-electron chi connectivity index (χ3n) is 5.25. The molecule has 8 heteroatoms. The average Bonchev–Trinajstić information content (AvgIpc) is 2.77. The molecule has 4 rings (SSSR count). The predicted octanol–water partition coefficient (Wildman–Crippen LogP) is 3.87. The number of halogens is 1. The van der Waals surface area contributed by atoms with Crippen molar-refractivity contribution in [2.45, 2.75) is 36.8 Å². The zero-order valence-electron chi connectivity index (χ0n) is 17.2. The summed E-state index contributed by atoms with van der Waals surface area (Å²) in [7, 11) is 0. The summed E-state index contributed by atoms with van der Waals surface area (Å²) in [6.07, 6.45) is 2.20. The first kappa shape index (κ1) is 22.0. The smallest absolute Gasteiger partial charge is 0.270 e. The summed E-state index contributed by atoms with van der Waals surface area (Å²) in [6.45, 7) is 2.83. The van der Waals surface area contributed by atoms with Crippen LogP contribution in [0.4, 0.5) is 0 Å². The Morgan fingerprint density at radius 2 is 2.23 bits per heavy atom. The van der Waals surface area contributed by atoms with E-state index in [-0.39, 0.29) is 18.6 Å². The van der Waals surface area contributed by atoms with Crippen LogP contribution in [-0.4, -0.2) is 52.1 Å². The first-order valence-corrected chi connectivity index (χ1v) is 11.6. The Morgan fingerprint density at radius 3 is 2.97 bits per heavy atom. The van der Waals surface area contributed by atoms with Gasteiger partial charge in [-0.1, -0.05) is 36.7 Å². The minimum Gasteiger partial charge on any atom is -0.389 e. The first-order valence-electron chi connectivity index (χ1n) is 10.3. The van der Waals surface area contributed by atoms with Gasteiger partial charge in [-0.3, -0.25) is 4.79 Å². The van der Waals surface area contributed by atoms with Gasteiger partial charge in [0.25, 0.3) is 5.91 Å². The number of para-hydroxylation sites is 1. The van der Waals surface area contributed by atoms with Gasteiger partial charge < -0.3 is 15.2 Å². The van der Waals surface area contributed by atoms with Crippen molar-refractivity contribution in [2.75, 3.05) is 19.0 Å². The molecular weight excluding hydrogens is 434 g/mol. The number of pyridine rings is 2. The quantitative estimate of drug-likeness (QED) is 0.432. The van der Waals surface area contributed by atoms with Crippen molar-refractivity contribution < 1.29 is 14.6 Å². The van der Waals surface area contributed by atoms with E-state index in [9.17, 15) is 9.90 Å². The van der Waals surface area contributed by atoms with Crippen molar-refractivity contribution in [1.82, 2.24) is 15.3 Å². The number of aromatic nitrogens is 2. The average molecular weight is 458 g/mol. The molecule has 1 aromatic carbocycles. The van der Waals surface area contributed by atoms with E-state index in [0.29, 0.717) is 30.3 Å². The van der Waals surface area contributed by atoms with Gasteiger partial charge in [-0.25, -0.2) is 9.97 Å². The number of hydrogen-bond donors (Lipinski definition) is 2. The summed E-state index contributed by atoms with van der Waals surface area (Å²) >= 11 is 7.63. The molecule has 162 valence electrons. The predicted molar refractivity (Wildman–Crippen MR) is 123 cm³/mol. The van der Waals surface area contributed by atoms with Gasteiger partial charge in [0.2, 0.25) is 0 Å². The van der Waals surface area contributed by atoms with Gasteiger partial charge in [0.05, 0.1) is 24.3 Å². The first-order chi connectivity index (χ1) is 15.0. The van der Waals surface area contributed by atoms with Crippen LogP contribution >= 0.6 is 23.4 Å². The monoisotopic (exact) mass is 457 g/mol. The lowest BCUT2D eigenvalue weighted by Gasteiger charge is -2.28. The van der Waals surface area contributed by atoms with Crippen molar-refractivity contribution in [2.24, 2.45) is 0 Å². The van der Waals surface area contributed by atoms with Crippen molar-refractivity contribution in [1.29, 1.82) is 0 Å². The third kappa shape index (κ3) is 5.18. The van der Waals surface area contributed by atoms with Crippen LogP contribution in [0.5, 0.6) is 0 Å². The second-order valence-corrected chi connectivity index (χ2v) is 9.12. The Hall–Kier alpha value is -2.19. The van der Waals surface area contributed by atoms with Crippen LogP contribution in [0.1, 0.15) is 35.0 Å². The number of thioether (sulfide) groups is 1. The highest BCUT2D eigenvalue weighted by Crippen LogP contribution is 2.30. The number of aliphatic hydroxyl groups excluding tert-OH is 1. The number of aliphatic hydroxyl groups is 1. The third-order valence-corrected chi connectivity index (χ3v) is 6.40. The van der Waals surface area contributed by atoms with Crippen LogP contribution in [-0.2, 0) is 11.2 Å². The van der Waals surface area contributed by atoms with Crippen molar-refractivity contribution in [3.8, 4) is 0 Å². The molecular formula is C23H24ClN3O3S. The summed E-state index contributed by atoms with van der Waals surface area (Å²) in [5, 5.41) is 14.5. The summed E-state index contributed by atoms with van der Waals surface area (Å²) in [4.78, 5) is 23.0. The van der Waals surface area contributed by atoms with Gasteiger partial charge in [0, 0.05) is 23.1 Å². The number of carbonyl (C=O) groups is 1. The van der Waals surface area contributed by atoms with Crippen LogP contribution in [0.25, 0.3) is 10.9 Å². The molecule has 0 saturated carbocycles. The van der Waals surface area contributed by atoms with Gasteiger partial charge in [-0.15, -0.1) is 11.8 Å². The molecule has 1 aliphatic heterocycles. The maximum atomic E-state index is 13.1. The fraction of sp³-hybridized carbons (Fsp3) is 0.348. The van der Waals surface area contributed by atoms with Crippen LogP contribution < -0.4 is 5.32 Å². The van der Waals surface area contributed by atoms with Gasteiger partial charge >= 0.3 is 0 Å². The minimum absolute atomic E-state index is 0.224. The van der Waals surface area contributed by atoms with Crippen molar-refractivity contribution in [3.05, 3.63) is 64.6 Å². The van der Waals surface area contributed by atoms with E-state index in [0.717, 1.165) is 32.7 Å². The van der Waals surface area contributed by atoms with Crippen LogP contribution in [0.2, 0.25) is 5.15 Å². The normalized spacial score (nSPS) is 18.8. The van der Waals surface area contributed by atoms with Crippen LogP contribution in [0, 0.1) is 0 Å². The van der Waals surface area contributed by atoms with Crippen molar-refractivity contribution >= 4 is 40.2 Å². The lowest BCUT2D eigenvalue weighted by Crippen LogP contribution is -2.48. The van der Waals surface area contributed by atoms with E-state index in [4.69, 9.17) is 21.3 Å². The Kier molecular flexibility index (Phi) is 7.07. The number of carbonyl (C=O) groups excluding carboxylic acids is 1. The van der Waals surface area contributed by atoms with Crippen molar-refractivity contribution in [3.63, 3.8) is 0 Å². The molecule has 2 N–H and O–H groups in total. The molecule has 3 heterocycles. The molecule has 1 aliphatic rings. The summed E-state index contributed by atoms with van der Waals surface area (Å²) in [5.41, 5.74) is 3.14. The largest absolute Gasteiger partial charge is 0.389 e. The SMILES string of the molecule is CCSc1cccc2c(Cc3ccc(Cl)nc3)cc(C(=O)N[C@H]3CCOC[C@@H]3O)nc12. The highest BCUT2D eigenvalue weighted by molar-refractivity contribution is 7.99. The molecule has 6 nitrogen and oxygen atoms in total. The number of hydrogen-bond acceptors (Lipinski definition) is 6. The molecule has 0 spiro atoms. The summed E-state index contributed by atoms with van der Waals surface area (Å²) < 4.78 is 5.26. The summed E-state index contributed by atoms with van der Waals surface area (Å²) in [5.74, 6) is 0.613. The Balaban J connectivity index is 1.73. The molecule has 1 fully saturated rings. The second kappa shape index (κ2) is 9.96. The highest BCUT2D eigenvalue weighted by atomic mass is 35.5. The van der Waals surface area contributed by atoms with E-state index in [1.165, 1.54) is 0 Å². The van der Waals surface area contributed by atoms with Gasteiger partial charge in [-0.2, -0.15) is 0 Å². The highest BCUT2D eigenvalue weighted by Gasteiger charge is 2.26. The molecule has 31 heavy (non-hydrogen) atoms. The lowest BCUT2D eigenvalue weighted by molar-refractivity contribution is -0.0261.